The SMILES string of the molecule is C=C1CO[C@H]2[C@H](C)[C@@H](O[C@@H]3O[C@H](C)C[C@H](N(C)C)[C@H]3O)[C@](C)(C[C@@H](C)C(=O)[C@H](C)[C@@H]3NC(=O)O[C@]3(C)[C@@H](CC)OC(=O)[C@@H]2C)OC1. The number of nitrogens with one attached hydrogen (secondary N) is 1. The van der Waals surface area contributed by atoms with Crippen molar-refractivity contribution in [2.45, 2.75) is 135 Å². The number of likely N-dealkylation sites (N-methyl/N-ethyl adjacent to an activating group) is 1. The number of cyclic esters (lactones) is 1. The van der Waals surface area contributed by atoms with Crippen LogP contribution in [0.5, 0.6) is 0 Å². The van der Waals surface area contributed by atoms with Crippen molar-refractivity contribution >= 4 is 17.8 Å². The van der Waals surface area contributed by atoms with Gasteiger partial charge in [0.25, 0.3) is 0 Å². The first kappa shape index (κ1) is 36.7. The normalized spacial score (nSPS) is 46.3. The minimum atomic E-state index is -1.27. The molecule has 0 aromatic rings. The van der Waals surface area contributed by atoms with Gasteiger partial charge >= 0.3 is 12.1 Å². The van der Waals surface area contributed by atoms with Gasteiger partial charge in [-0.1, -0.05) is 34.3 Å². The molecular formula is C34H56N2O10. The van der Waals surface area contributed by atoms with Crippen LogP contribution >= 0.6 is 0 Å². The quantitative estimate of drug-likeness (QED) is 0.342. The Bertz CT molecular complexity index is 1150. The molecule has 46 heavy (non-hydrogen) atoms. The Morgan fingerprint density at radius 2 is 1.74 bits per heavy atom. The van der Waals surface area contributed by atoms with Crippen molar-refractivity contribution in [2.75, 3.05) is 27.3 Å². The standard InChI is InChI=1S/C34H56N2O10/c1-12-24-34(9)28(35-32(40)46-34)20(5)25(37)18(3)14-33(8)29(45-31-26(38)23(36(10)11)13-19(4)43-31)21(6)27(22(7)30(39)44-24)41-15-17(2)16-42-33/h18-24,26-29,31,38H,2,12-16H2,1,3-11H3,(H,35,40)/t18-,19-,20+,21+,22-,23+,24-,26-,27+,28+,29-,31+,33+,34-/m1/s1. The molecule has 4 fully saturated rings. The summed E-state index contributed by atoms with van der Waals surface area (Å²) in [5, 5.41) is 14.3. The lowest BCUT2D eigenvalue weighted by atomic mass is 9.73. The molecule has 4 aliphatic rings. The van der Waals surface area contributed by atoms with E-state index in [1.54, 1.807) is 20.8 Å². The molecule has 4 rings (SSSR count). The second-order valence-electron chi connectivity index (χ2n) is 14.7. The predicted molar refractivity (Wildman–Crippen MR) is 169 cm³/mol. The highest BCUT2D eigenvalue weighted by molar-refractivity contribution is 5.85. The van der Waals surface area contributed by atoms with E-state index < -0.39 is 83.7 Å². The van der Waals surface area contributed by atoms with Gasteiger partial charge in [-0.15, -0.1) is 0 Å². The number of ketones is 1. The Labute approximate surface area is 273 Å². The average Bonchev–Trinajstić information content (AvgIpc) is 3.32. The predicted octanol–water partition coefficient (Wildman–Crippen LogP) is 3.23. The van der Waals surface area contributed by atoms with E-state index in [1.165, 1.54) is 0 Å². The van der Waals surface area contributed by atoms with Crippen LogP contribution in [0.1, 0.15) is 74.7 Å². The zero-order valence-electron chi connectivity index (χ0n) is 29.2. The maximum atomic E-state index is 14.2. The number of rotatable bonds is 4. The lowest BCUT2D eigenvalue weighted by molar-refractivity contribution is -0.302. The second-order valence-corrected chi connectivity index (χ2v) is 14.7. The molecule has 4 aliphatic heterocycles. The molecule has 4 saturated heterocycles. The maximum Gasteiger partial charge on any atom is 0.408 e. The molecular weight excluding hydrogens is 596 g/mol. The molecule has 14 atom stereocenters. The van der Waals surface area contributed by atoms with Crippen LogP contribution in [0.4, 0.5) is 4.79 Å². The van der Waals surface area contributed by atoms with E-state index in [0.29, 0.717) is 18.4 Å². The van der Waals surface area contributed by atoms with Gasteiger partial charge < -0.3 is 43.7 Å². The molecule has 0 spiro atoms. The summed E-state index contributed by atoms with van der Waals surface area (Å²) in [6, 6.07) is -0.946. The summed E-state index contributed by atoms with van der Waals surface area (Å²) in [5.41, 5.74) is -1.72. The van der Waals surface area contributed by atoms with E-state index in [-0.39, 0.29) is 37.6 Å². The van der Waals surface area contributed by atoms with Gasteiger partial charge in [0.1, 0.15) is 18.0 Å². The third-order valence-electron chi connectivity index (χ3n) is 10.7. The Morgan fingerprint density at radius 3 is 2.37 bits per heavy atom. The smallest absolute Gasteiger partial charge is 0.408 e. The number of carbonyl (C=O) groups excluding carboxylic acids is 3. The minimum Gasteiger partial charge on any atom is -0.458 e. The molecule has 262 valence electrons. The van der Waals surface area contributed by atoms with Crippen molar-refractivity contribution < 1.29 is 47.9 Å². The van der Waals surface area contributed by atoms with Gasteiger partial charge in [0.2, 0.25) is 0 Å². The van der Waals surface area contributed by atoms with Crippen LogP contribution in [-0.2, 0) is 38.0 Å². The third kappa shape index (κ3) is 7.17. The van der Waals surface area contributed by atoms with Crippen molar-refractivity contribution in [3.8, 4) is 0 Å². The number of fused-ring (bicyclic) bond motifs is 4. The van der Waals surface area contributed by atoms with Crippen molar-refractivity contribution in [3.05, 3.63) is 12.2 Å². The highest BCUT2D eigenvalue weighted by atomic mass is 16.7. The molecule has 0 aliphatic carbocycles. The summed E-state index contributed by atoms with van der Waals surface area (Å²) < 4.78 is 37.9. The van der Waals surface area contributed by atoms with Gasteiger partial charge in [-0.05, 0) is 66.6 Å². The van der Waals surface area contributed by atoms with Gasteiger partial charge in [-0.25, -0.2) is 4.79 Å². The van der Waals surface area contributed by atoms with E-state index in [9.17, 15) is 19.5 Å². The highest BCUT2D eigenvalue weighted by Crippen LogP contribution is 2.42. The number of ether oxygens (including phenoxy) is 6. The Morgan fingerprint density at radius 1 is 1.07 bits per heavy atom. The number of hydrogen-bond acceptors (Lipinski definition) is 11. The number of aliphatic hydroxyl groups excluding tert-OH is 1. The van der Waals surface area contributed by atoms with Crippen molar-refractivity contribution in [2.24, 2.45) is 23.7 Å². The molecule has 12 heteroatoms. The molecule has 1 amide bonds. The Hall–Kier alpha value is -2.09. The number of hydrogen-bond donors (Lipinski definition) is 2. The topological polar surface area (TPSA) is 142 Å². The van der Waals surface area contributed by atoms with Crippen LogP contribution in [0.2, 0.25) is 0 Å². The fourth-order valence-electron chi connectivity index (χ4n) is 8.09. The summed E-state index contributed by atoms with van der Waals surface area (Å²) in [7, 11) is 3.82. The first-order chi connectivity index (χ1) is 21.4. The van der Waals surface area contributed by atoms with Crippen LogP contribution in [0.3, 0.4) is 0 Å². The number of alkyl carbamates (subject to hydrolysis) is 1. The van der Waals surface area contributed by atoms with Crippen molar-refractivity contribution in [1.82, 2.24) is 10.2 Å². The van der Waals surface area contributed by atoms with Crippen LogP contribution in [0, 0.1) is 23.7 Å². The number of Topliss-reactive ketones (excluding diaryl/α,β-unsaturated/α-hetero) is 1. The molecule has 12 nitrogen and oxygen atoms in total. The number of carbonyl (C=O) groups is 3. The van der Waals surface area contributed by atoms with Gasteiger partial charge in [0, 0.05) is 23.8 Å². The minimum absolute atomic E-state index is 0.105. The monoisotopic (exact) mass is 652 g/mol. The number of aliphatic hydroxyl groups is 1. The molecule has 0 saturated carbocycles. The molecule has 0 aromatic carbocycles. The van der Waals surface area contributed by atoms with Gasteiger partial charge in [0.15, 0.2) is 11.9 Å². The summed E-state index contributed by atoms with van der Waals surface area (Å²) >= 11 is 0. The summed E-state index contributed by atoms with van der Waals surface area (Å²) in [6.07, 6.45) is -3.93. The molecule has 2 bridgehead atoms. The number of esters is 1. The Balaban J connectivity index is 1.83. The average molecular weight is 653 g/mol. The number of amides is 1. The molecule has 0 aromatic heterocycles. The molecule has 0 radical (unpaired) electrons. The lowest BCUT2D eigenvalue weighted by Gasteiger charge is -2.48. The van der Waals surface area contributed by atoms with Crippen LogP contribution in [-0.4, -0.2) is 115 Å². The van der Waals surface area contributed by atoms with E-state index in [4.69, 9.17) is 28.4 Å². The lowest BCUT2D eigenvalue weighted by Crippen LogP contribution is -2.60. The first-order valence-electron chi connectivity index (χ1n) is 16.7. The van der Waals surface area contributed by atoms with Crippen molar-refractivity contribution in [3.63, 3.8) is 0 Å². The van der Waals surface area contributed by atoms with Gasteiger partial charge in [-0.3, -0.25) is 9.59 Å². The van der Waals surface area contributed by atoms with Gasteiger partial charge in [-0.2, -0.15) is 0 Å². The summed E-state index contributed by atoms with van der Waals surface area (Å²) in [4.78, 5) is 42.7. The summed E-state index contributed by atoms with van der Waals surface area (Å²) in [5.74, 6) is -3.12. The largest absolute Gasteiger partial charge is 0.458 e. The molecule has 4 heterocycles. The zero-order chi connectivity index (χ0) is 34.3. The van der Waals surface area contributed by atoms with E-state index in [0.717, 1.165) is 0 Å². The third-order valence-corrected chi connectivity index (χ3v) is 10.7. The Kier molecular flexibility index (Phi) is 11.3. The van der Waals surface area contributed by atoms with Crippen LogP contribution in [0.15, 0.2) is 12.2 Å². The fourth-order valence-corrected chi connectivity index (χ4v) is 8.09. The highest BCUT2D eigenvalue weighted by Gasteiger charge is 2.57. The second kappa shape index (κ2) is 14.2. The fraction of sp³-hybridized carbons (Fsp3) is 0.853. The molecule has 0 unspecified atom stereocenters. The van der Waals surface area contributed by atoms with E-state index in [1.807, 2.05) is 53.6 Å². The first-order valence-corrected chi connectivity index (χ1v) is 16.7. The van der Waals surface area contributed by atoms with E-state index in [2.05, 4.69) is 11.9 Å². The molecule has 2 N–H and O–H groups in total. The van der Waals surface area contributed by atoms with Crippen molar-refractivity contribution in [1.29, 1.82) is 0 Å². The summed E-state index contributed by atoms with van der Waals surface area (Å²) in [6.45, 7) is 19.1. The number of nitrogens with zero attached hydrogens (tertiary/aromatic N) is 1. The van der Waals surface area contributed by atoms with E-state index >= 15 is 0 Å². The zero-order valence-corrected chi connectivity index (χ0v) is 29.2. The van der Waals surface area contributed by atoms with Crippen LogP contribution in [0.25, 0.3) is 0 Å². The van der Waals surface area contributed by atoms with Gasteiger partial charge in [0.05, 0.1) is 49.1 Å². The van der Waals surface area contributed by atoms with Crippen LogP contribution < -0.4 is 5.32 Å². The maximum absolute atomic E-state index is 14.2.